The zero-order valence-corrected chi connectivity index (χ0v) is 11.4. The molecule has 0 amide bonds. The number of aryl methyl sites for hydroxylation is 1. The zero-order valence-electron chi connectivity index (χ0n) is 9.23. The van der Waals surface area contributed by atoms with E-state index in [0.29, 0.717) is 8.42 Å². The number of aliphatic carboxylic acids is 1. The van der Waals surface area contributed by atoms with E-state index in [9.17, 15) is 4.79 Å². The molecule has 3 unspecified atom stereocenters. The molecule has 5 heteroatoms. The first-order valence-electron chi connectivity index (χ1n) is 5.10. The van der Waals surface area contributed by atoms with E-state index in [-0.39, 0.29) is 12.5 Å². The molecule has 0 aliphatic rings. The molecule has 88 valence electrons. The second-order valence-corrected chi connectivity index (χ2v) is 5.22. The van der Waals surface area contributed by atoms with Crippen LogP contribution in [0.2, 0.25) is 0 Å². The van der Waals surface area contributed by atoms with Crippen molar-refractivity contribution in [1.29, 1.82) is 0 Å². The molecule has 1 aromatic rings. The predicted octanol–water partition coefficient (Wildman–Crippen LogP) is 2.35. The van der Waals surface area contributed by atoms with Crippen LogP contribution in [0.5, 0.6) is 0 Å². The molecule has 0 saturated heterocycles. The molecule has 0 aliphatic carbocycles. The fourth-order valence-electron chi connectivity index (χ4n) is 1.51. The summed E-state index contributed by atoms with van der Waals surface area (Å²) in [4.78, 5) is 10.7. The summed E-state index contributed by atoms with van der Waals surface area (Å²) in [5.74, 6) is -0.757. The second kappa shape index (κ2) is 6.96. The van der Waals surface area contributed by atoms with Gasteiger partial charge >= 0.3 is 5.97 Å². The Morgan fingerprint density at radius 2 is 2.12 bits per heavy atom. The van der Waals surface area contributed by atoms with Crippen molar-refractivity contribution in [2.24, 2.45) is 0 Å². The van der Waals surface area contributed by atoms with Gasteiger partial charge in [0.15, 0.2) is 0 Å². The van der Waals surface area contributed by atoms with Gasteiger partial charge in [-0.25, -0.2) is 0 Å². The number of carbonyl (C=O) groups is 1. The van der Waals surface area contributed by atoms with Crippen LogP contribution in [0.15, 0.2) is 24.3 Å². The molecule has 0 bridgehead atoms. The molecule has 0 spiro atoms. The Morgan fingerprint density at radius 1 is 1.50 bits per heavy atom. The van der Waals surface area contributed by atoms with Crippen LogP contribution in [0.4, 0.5) is 0 Å². The summed E-state index contributed by atoms with van der Waals surface area (Å²) in [5.41, 5.74) is 2.40. The van der Waals surface area contributed by atoms with E-state index in [0.717, 1.165) is 6.42 Å². The quantitative estimate of drug-likeness (QED) is 0.769. The van der Waals surface area contributed by atoms with Crippen LogP contribution >= 0.6 is 17.3 Å². The van der Waals surface area contributed by atoms with Crippen molar-refractivity contribution in [2.45, 2.75) is 25.8 Å². The second-order valence-electron chi connectivity index (χ2n) is 3.77. The number of rotatable bonds is 6. The molecule has 0 heterocycles. The highest BCUT2D eigenvalue weighted by atomic mass is 32.0. The van der Waals surface area contributed by atoms with Crippen molar-refractivity contribution >= 4 is 23.3 Å². The highest BCUT2D eigenvalue weighted by Crippen LogP contribution is 2.18. The summed E-state index contributed by atoms with van der Waals surface area (Å²) in [6, 6.07) is 8.22. The van der Waals surface area contributed by atoms with E-state index in [1.807, 2.05) is 6.92 Å². The molecule has 3 atom stereocenters. The van der Waals surface area contributed by atoms with Crippen molar-refractivity contribution in [3.05, 3.63) is 35.4 Å². The van der Waals surface area contributed by atoms with Gasteiger partial charge in [-0.15, -0.1) is 0 Å². The van der Waals surface area contributed by atoms with Crippen LogP contribution in [0.25, 0.3) is 0 Å². The van der Waals surface area contributed by atoms with Crippen molar-refractivity contribution in [1.82, 2.24) is 5.09 Å². The maximum Gasteiger partial charge on any atom is 0.304 e. The van der Waals surface area contributed by atoms with Crippen molar-refractivity contribution in [2.75, 3.05) is 0 Å². The van der Waals surface area contributed by atoms with Gasteiger partial charge in [-0.05, 0) is 27.3 Å². The van der Waals surface area contributed by atoms with Crippen LogP contribution < -0.4 is 5.09 Å². The summed E-state index contributed by atoms with van der Waals surface area (Å²) < 4.78 is 0. The first-order chi connectivity index (χ1) is 7.61. The summed E-state index contributed by atoms with van der Waals surface area (Å²) in [6.07, 6.45) is 0.920. The molecular weight excluding hydrogens is 240 g/mol. The lowest BCUT2D eigenvalue weighted by atomic mass is 10.0. The van der Waals surface area contributed by atoms with Crippen LogP contribution in [0.1, 0.15) is 17.5 Å². The minimum atomic E-state index is -0.757. The maximum atomic E-state index is 10.7. The smallest absolute Gasteiger partial charge is 0.304 e. The monoisotopic (exact) mass is 257 g/mol. The van der Waals surface area contributed by atoms with Crippen molar-refractivity contribution < 1.29 is 9.90 Å². The Hall–Kier alpha value is -0.490. The Bertz CT molecular complexity index is 340. The van der Waals surface area contributed by atoms with Gasteiger partial charge in [0, 0.05) is 6.04 Å². The number of hydrogen-bond acceptors (Lipinski definition) is 2. The molecule has 3 nitrogen and oxygen atoms in total. The lowest BCUT2D eigenvalue weighted by Crippen LogP contribution is -2.27. The van der Waals surface area contributed by atoms with Crippen molar-refractivity contribution in [3.8, 4) is 0 Å². The summed E-state index contributed by atoms with van der Waals surface area (Å²) in [7, 11) is 3.07. The number of hydrogen-bond donors (Lipinski definition) is 2. The maximum absolute atomic E-state index is 10.7. The highest BCUT2D eigenvalue weighted by molar-refractivity contribution is 8.01. The van der Waals surface area contributed by atoms with Gasteiger partial charge in [-0.3, -0.25) is 9.88 Å². The van der Waals surface area contributed by atoms with Gasteiger partial charge in [0.2, 0.25) is 0 Å². The van der Waals surface area contributed by atoms with E-state index < -0.39 is 5.97 Å². The minimum absolute atomic E-state index is 0.0102. The first kappa shape index (κ1) is 13.6. The predicted molar refractivity (Wildman–Crippen MR) is 72.1 cm³/mol. The Kier molecular flexibility index (Phi) is 5.90. The molecule has 0 aliphatic heterocycles. The molecule has 0 aromatic heterocycles. The van der Waals surface area contributed by atoms with Gasteiger partial charge in [-0.2, -0.15) is 0 Å². The van der Waals surface area contributed by atoms with Crippen LogP contribution in [0, 0.1) is 6.92 Å². The lowest BCUT2D eigenvalue weighted by Gasteiger charge is -2.15. The van der Waals surface area contributed by atoms with Gasteiger partial charge in [0.1, 0.15) is 0 Å². The van der Waals surface area contributed by atoms with E-state index in [1.165, 1.54) is 11.1 Å². The Labute approximate surface area is 100.0 Å². The first-order valence-corrected chi connectivity index (χ1v) is 7.91. The minimum Gasteiger partial charge on any atom is -0.481 e. The number of nitrogens with one attached hydrogen (secondary N) is 1. The largest absolute Gasteiger partial charge is 0.481 e. The van der Waals surface area contributed by atoms with Gasteiger partial charge < -0.3 is 5.11 Å². The van der Waals surface area contributed by atoms with E-state index in [4.69, 9.17) is 5.11 Å². The third-order valence-corrected chi connectivity index (χ3v) is 3.39. The lowest BCUT2D eigenvalue weighted by molar-refractivity contribution is -0.137. The standard InChI is InChI=1S/C11H17NO2P2/c1-8-2-4-9(5-3-8)6-10(12-16-15)7-11(13)14/h2-5,10,12,16H,6-7,15H2,1H3,(H,13,14). The number of carboxylic acid groups (broad SMARTS) is 1. The van der Waals surface area contributed by atoms with Gasteiger partial charge in [0.25, 0.3) is 0 Å². The third-order valence-electron chi connectivity index (χ3n) is 2.31. The third kappa shape index (κ3) is 5.03. The molecular formula is C11H17NO2P2. The van der Waals surface area contributed by atoms with Crippen LogP contribution in [-0.2, 0) is 11.2 Å². The van der Waals surface area contributed by atoms with Crippen LogP contribution in [0.3, 0.4) is 0 Å². The summed E-state index contributed by atoms with van der Waals surface area (Å²) in [5, 5.41) is 12.0. The Balaban J connectivity index is 2.59. The normalized spacial score (nSPS) is 13.1. The summed E-state index contributed by atoms with van der Waals surface area (Å²) >= 11 is 0. The molecule has 1 rings (SSSR count). The zero-order chi connectivity index (χ0) is 12.0. The molecule has 16 heavy (non-hydrogen) atoms. The molecule has 0 radical (unpaired) electrons. The average molecular weight is 257 g/mol. The summed E-state index contributed by atoms with van der Waals surface area (Å²) in [6.45, 7) is 2.04. The molecule has 0 fully saturated rings. The highest BCUT2D eigenvalue weighted by Gasteiger charge is 2.12. The fraction of sp³-hybridized carbons (Fsp3) is 0.364. The van der Waals surface area contributed by atoms with Crippen molar-refractivity contribution in [3.63, 3.8) is 0 Å². The average Bonchev–Trinajstić information content (AvgIpc) is 2.21. The van der Waals surface area contributed by atoms with E-state index >= 15 is 0 Å². The van der Waals surface area contributed by atoms with Gasteiger partial charge in [0.05, 0.1) is 6.42 Å². The topological polar surface area (TPSA) is 49.3 Å². The van der Waals surface area contributed by atoms with Gasteiger partial charge in [-0.1, -0.05) is 38.8 Å². The molecule has 2 N–H and O–H groups in total. The Morgan fingerprint density at radius 3 is 2.62 bits per heavy atom. The fourth-order valence-corrected chi connectivity index (χ4v) is 2.66. The molecule has 0 saturated carbocycles. The number of benzene rings is 1. The van der Waals surface area contributed by atoms with E-state index in [1.54, 1.807) is 0 Å². The number of carboxylic acids is 1. The van der Waals surface area contributed by atoms with E-state index in [2.05, 4.69) is 38.3 Å². The SMILES string of the molecule is Cc1ccc(CC(CC(=O)O)NPP)cc1. The van der Waals surface area contributed by atoms with Crippen LogP contribution in [-0.4, -0.2) is 17.1 Å². The molecule has 1 aromatic carbocycles.